The number of likely N-dealkylation sites (tertiary alicyclic amines) is 1. The van der Waals surface area contributed by atoms with E-state index in [1.54, 1.807) is 6.07 Å². The molecule has 25 heavy (non-hydrogen) atoms. The molecule has 132 valence electrons. The van der Waals surface area contributed by atoms with E-state index in [0.717, 1.165) is 11.6 Å². The van der Waals surface area contributed by atoms with Crippen molar-refractivity contribution in [1.82, 2.24) is 4.90 Å². The van der Waals surface area contributed by atoms with Crippen LogP contribution in [0.2, 0.25) is 10.0 Å². The van der Waals surface area contributed by atoms with Crippen molar-refractivity contribution < 1.29 is 0 Å². The zero-order chi connectivity index (χ0) is 17.2. The molecule has 0 spiro atoms. The normalized spacial score (nSPS) is 20.2. The summed E-state index contributed by atoms with van der Waals surface area (Å²) in [5.41, 5.74) is 3.74. The smallest absolute Gasteiger partial charge is 0.0426 e. The maximum Gasteiger partial charge on any atom is 0.0426 e. The van der Waals surface area contributed by atoms with E-state index in [-0.39, 0.29) is 0 Å². The summed E-state index contributed by atoms with van der Waals surface area (Å²) in [6.07, 6.45) is 8.28. The number of rotatable bonds is 3. The molecule has 2 aliphatic rings. The summed E-state index contributed by atoms with van der Waals surface area (Å²) in [5, 5.41) is 1.37. The first-order valence-corrected chi connectivity index (χ1v) is 10.2. The Morgan fingerprint density at radius 1 is 0.720 bits per heavy atom. The van der Waals surface area contributed by atoms with Crippen LogP contribution in [0.4, 0.5) is 0 Å². The third-order valence-electron chi connectivity index (χ3n) is 5.95. The third-order valence-corrected chi connectivity index (χ3v) is 6.39. The molecule has 0 atom stereocenters. The highest BCUT2D eigenvalue weighted by molar-refractivity contribution is 6.35. The van der Waals surface area contributed by atoms with E-state index in [4.69, 9.17) is 23.2 Å². The molecule has 1 aliphatic heterocycles. The first-order valence-electron chi connectivity index (χ1n) is 9.49. The fourth-order valence-corrected chi connectivity index (χ4v) is 5.06. The molecule has 1 heterocycles. The van der Waals surface area contributed by atoms with Gasteiger partial charge in [-0.1, -0.05) is 60.3 Å². The van der Waals surface area contributed by atoms with Gasteiger partial charge >= 0.3 is 0 Å². The van der Waals surface area contributed by atoms with Gasteiger partial charge in [0.25, 0.3) is 0 Å². The zero-order valence-corrected chi connectivity index (χ0v) is 16.1. The van der Waals surface area contributed by atoms with Gasteiger partial charge < -0.3 is 4.90 Å². The monoisotopic (exact) mass is 373 g/mol. The van der Waals surface area contributed by atoms with Crippen LogP contribution in [0, 0.1) is 0 Å². The Labute approximate surface area is 160 Å². The van der Waals surface area contributed by atoms with E-state index >= 15 is 0 Å². The van der Waals surface area contributed by atoms with Gasteiger partial charge in [0.2, 0.25) is 0 Å². The lowest BCUT2D eigenvalue weighted by atomic mass is 9.88. The van der Waals surface area contributed by atoms with Crippen LogP contribution in [-0.2, 0) is 0 Å². The number of nitrogens with zero attached hydrogens (tertiary/aromatic N) is 1. The molecule has 0 aromatic heterocycles. The van der Waals surface area contributed by atoms with E-state index in [1.165, 1.54) is 62.7 Å². The number of halogens is 2. The molecule has 1 saturated carbocycles. The van der Waals surface area contributed by atoms with E-state index in [1.807, 2.05) is 12.1 Å². The number of benzene rings is 2. The van der Waals surface area contributed by atoms with Crippen molar-refractivity contribution in [3.05, 3.63) is 58.1 Å². The highest BCUT2D eigenvalue weighted by atomic mass is 35.5. The van der Waals surface area contributed by atoms with Crippen LogP contribution in [0.3, 0.4) is 0 Å². The van der Waals surface area contributed by atoms with Gasteiger partial charge in [-0.3, -0.25) is 0 Å². The number of hydrogen-bond acceptors (Lipinski definition) is 1. The predicted octanol–water partition coefficient (Wildman–Crippen LogP) is 6.78. The first-order chi connectivity index (χ1) is 12.2. The van der Waals surface area contributed by atoms with Gasteiger partial charge in [-0.15, -0.1) is 0 Å². The molecule has 2 aromatic carbocycles. The molecule has 3 heteroatoms. The Morgan fingerprint density at radius 3 is 1.92 bits per heavy atom. The highest BCUT2D eigenvalue weighted by Crippen LogP contribution is 2.34. The van der Waals surface area contributed by atoms with Gasteiger partial charge in [-0.2, -0.15) is 0 Å². The van der Waals surface area contributed by atoms with Gasteiger partial charge in [-0.05, 0) is 79.6 Å². The molecule has 1 aliphatic carbocycles. The molecule has 0 N–H and O–H groups in total. The molecule has 2 aromatic rings. The molecule has 4 rings (SSSR count). The van der Waals surface area contributed by atoms with Crippen LogP contribution in [0.25, 0.3) is 11.1 Å². The fourth-order valence-electron chi connectivity index (χ4n) is 4.54. The first kappa shape index (κ1) is 17.4. The second-order valence-electron chi connectivity index (χ2n) is 7.53. The zero-order valence-electron chi connectivity index (χ0n) is 14.6. The van der Waals surface area contributed by atoms with Crippen molar-refractivity contribution in [2.75, 3.05) is 13.1 Å². The van der Waals surface area contributed by atoms with Gasteiger partial charge in [0.05, 0.1) is 0 Å². The molecular formula is C22H25Cl2N. The van der Waals surface area contributed by atoms with Crippen molar-refractivity contribution in [3.8, 4) is 11.1 Å². The van der Waals surface area contributed by atoms with Crippen molar-refractivity contribution in [2.45, 2.75) is 50.5 Å². The van der Waals surface area contributed by atoms with Crippen LogP contribution in [0.1, 0.15) is 50.0 Å². The van der Waals surface area contributed by atoms with Crippen molar-refractivity contribution >= 4 is 23.2 Å². The second-order valence-corrected chi connectivity index (χ2v) is 8.40. The molecule has 2 fully saturated rings. The van der Waals surface area contributed by atoms with Crippen LogP contribution < -0.4 is 0 Å². The van der Waals surface area contributed by atoms with E-state index < -0.39 is 0 Å². The fraction of sp³-hybridized carbons (Fsp3) is 0.455. The van der Waals surface area contributed by atoms with Crippen molar-refractivity contribution in [2.24, 2.45) is 0 Å². The van der Waals surface area contributed by atoms with Gasteiger partial charge in [0.1, 0.15) is 0 Å². The van der Waals surface area contributed by atoms with Crippen LogP contribution in [0.5, 0.6) is 0 Å². The summed E-state index contributed by atoms with van der Waals surface area (Å²) >= 11 is 12.3. The van der Waals surface area contributed by atoms with Crippen molar-refractivity contribution in [3.63, 3.8) is 0 Å². The lowest BCUT2D eigenvalue weighted by Crippen LogP contribution is -2.39. The van der Waals surface area contributed by atoms with E-state index in [0.29, 0.717) is 16.0 Å². The average molecular weight is 374 g/mol. The summed E-state index contributed by atoms with van der Waals surface area (Å²) in [6.45, 7) is 2.53. The van der Waals surface area contributed by atoms with Gasteiger partial charge in [0, 0.05) is 16.1 Å². The summed E-state index contributed by atoms with van der Waals surface area (Å²) in [5.74, 6) is 0.703. The van der Waals surface area contributed by atoms with Crippen LogP contribution in [-0.4, -0.2) is 24.0 Å². The minimum atomic E-state index is 0.686. The Hall–Kier alpha value is -1.02. The standard InChI is InChI=1S/C22H25Cl2N/c23-20-13-19(14-21(24)15-20)17-7-5-16(6-8-17)18-9-11-25(12-10-18)22-3-1-2-4-22/h5-8,13-15,18,22H,1-4,9-12H2. The molecule has 0 bridgehead atoms. The van der Waals surface area contributed by atoms with Gasteiger partial charge in [0.15, 0.2) is 0 Å². The van der Waals surface area contributed by atoms with Gasteiger partial charge in [-0.25, -0.2) is 0 Å². The topological polar surface area (TPSA) is 3.24 Å². The SMILES string of the molecule is Clc1cc(Cl)cc(-c2ccc(C3CCN(C4CCCC4)CC3)cc2)c1. The summed E-state index contributed by atoms with van der Waals surface area (Å²) in [6, 6.07) is 15.6. The molecule has 0 radical (unpaired) electrons. The molecule has 1 nitrogen and oxygen atoms in total. The highest BCUT2D eigenvalue weighted by Gasteiger charge is 2.27. The maximum absolute atomic E-state index is 6.13. The average Bonchev–Trinajstić information content (AvgIpc) is 3.16. The van der Waals surface area contributed by atoms with Crippen LogP contribution in [0.15, 0.2) is 42.5 Å². The Morgan fingerprint density at radius 2 is 1.32 bits per heavy atom. The third kappa shape index (κ3) is 4.05. The quantitative estimate of drug-likeness (QED) is 0.572. The minimum absolute atomic E-state index is 0.686. The van der Waals surface area contributed by atoms with E-state index in [2.05, 4.69) is 29.2 Å². The largest absolute Gasteiger partial charge is 0.300 e. The predicted molar refractivity (Wildman–Crippen MR) is 108 cm³/mol. The summed E-state index contributed by atoms with van der Waals surface area (Å²) < 4.78 is 0. The maximum atomic E-state index is 6.13. The molecule has 1 saturated heterocycles. The van der Waals surface area contributed by atoms with E-state index in [9.17, 15) is 0 Å². The number of piperidine rings is 1. The van der Waals surface area contributed by atoms with Crippen LogP contribution >= 0.6 is 23.2 Å². The molecular weight excluding hydrogens is 349 g/mol. The second kappa shape index (κ2) is 7.70. The summed E-state index contributed by atoms with van der Waals surface area (Å²) in [7, 11) is 0. The molecule has 0 amide bonds. The lowest BCUT2D eigenvalue weighted by Gasteiger charge is -2.36. The van der Waals surface area contributed by atoms with Crippen molar-refractivity contribution in [1.29, 1.82) is 0 Å². The lowest BCUT2D eigenvalue weighted by molar-refractivity contribution is 0.154. The minimum Gasteiger partial charge on any atom is -0.300 e. The Bertz CT molecular complexity index is 691. The number of hydrogen-bond donors (Lipinski definition) is 0. The Kier molecular flexibility index (Phi) is 5.36. The molecule has 0 unspecified atom stereocenters. The summed E-state index contributed by atoms with van der Waals surface area (Å²) in [4.78, 5) is 2.74. The Balaban J connectivity index is 1.42.